The lowest BCUT2D eigenvalue weighted by atomic mass is 9.99. The number of ether oxygens (including phenoxy) is 2. The van der Waals surface area contributed by atoms with Crippen LogP contribution < -0.4 is 14.8 Å². The average Bonchev–Trinajstić information content (AvgIpc) is 3.22. The Morgan fingerprint density at radius 3 is 2.80 bits per heavy atom. The highest BCUT2D eigenvalue weighted by Crippen LogP contribution is 2.43. The summed E-state index contributed by atoms with van der Waals surface area (Å²) in [6.45, 7) is 3.87. The summed E-state index contributed by atoms with van der Waals surface area (Å²) in [5.41, 5.74) is 0.577. The molecule has 3 aromatic rings. The minimum Gasteiger partial charge on any atom is -0.487 e. The largest absolute Gasteiger partial charge is 0.487 e. The molecule has 0 saturated heterocycles. The van der Waals surface area contributed by atoms with E-state index in [0.717, 1.165) is 11.6 Å². The Hall–Kier alpha value is -3.86. The number of nitriles is 1. The van der Waals surface area contributed by atoms with E-state index in [1.807, 2.05) is 13.8 Å². The van der Waals surface area contributed by atoms with Crippen molar-refractivity contribution in [2.75, 3.05) is 5.32 Å². The molecule has 0 bridgehead atoms. The molecule has 1 N–H and O–H groups in total. The standard InChI is InChI=1S/C22H19FN4O3/c1-22(2)11-16-18(29-15-5-4-13(12-24)17(23)10-15)8-14(9-19(16)30-22)21(28)25-20-6-7-27(3)26-20/h4-10H,11H2,1-3H3,(H,25,26,28). The Kier molecular flexibility index (Phi) is 4.66. The molecule has 1 aromatic heterocycles. The van der Waals surface area contributed by atoms with Crippen molar-refractivity contribution in [1.29, 1.82) is 5.26 Å². The van der Waals surface area contributed by atoms with Crippen LogP contribution in [0.3, 0.4) is 0 Å². The zero-order valence-corrected chi connectivity index (χ0v) is 16.7. The van der Waals surface area contributed by atoms with E-state index in [1.54, 1.807) is 42.2 Å². The number of rotatable bonds is 4. The van der Waals surface area contributed by atoms with Crippen LogP contribution in [0.25, 0.3) is 0 Å². The normalized spacial score (nSPS) is 13.8. The molecule has 1 aliphatic heterocycles. The molecule has 7 nitrogen and oxygen atoms in total. The van der Waals surface area contributed by atoms with Crippen LogP contribution in [0.1, 0.15) is 35.3 Å². The summed E-state index contributed by atoms with van der Waals surface area (Å²) in [6, 6.07) is 10.7. The second-order valence-corrected chi connectivity index (χ2v) is 7.67. The van der Waals surface area contributed by atoms with Gasteiger partial charge < -0.3 is 14.8 Å². The first-order valence-corrected chi connectivity index (χ1v) is 9.28. The number of carbonyl (C=O) groups excluding carboxylic acids is 1. The molecular weight excluding hydrogens is 387 g/mol. The molecule has 2 aromatic carbocycles. The minimum atomic E-state index is -0.674. The Balaban J connectivity index is 1.69. The van der Waals surface area contributed by atoms with Gasteiger partial charge in [0, 0.05) is 42.9 Å². The predicted octanol–water partition coefficient (Wildman–Crippen LogP) is 4.19. The van der Waals surface area contributed by atoms with Crippen molar-refractivity contribution in [3.05, 3.63) is 65.1 Å². The molecule has 2 heterocycles. The fraction of sp³-hybridized carbons (Fsp3) is 0.227. The van der Waals surface area contributed by atoms with Crippen LogP contribution in [-0.4, -0.2) is 21.3 Å². The molecule has 4 rings (SSSR count). The van der Waals surface area contributed by atoms with E-state index in [1.165, 1.54) is 12.1 Å². The molecule has 1 amide bonds. The molecule has 1 aliphatic rings. The van der Waals surface area contributed by atoms with Crippen LogP contribution in [0.5, 0.6) is 17.2 Å². The van der Waals surface area contributed by atoms with Crippen LogP contribution in [0.4, 0.5) is 10.2 Å². The van der Waals surface area contributed by atoms with Crippen molar-refractivity contribution < 1.29 is 18.7 Å². The Morgan fingerprint density at radius 2 is 2.13 bits per heavy atom. The number of aryl methyl sites for hydroxylation is 1. The molecule has 0 aliphatic carbocycles. The zero-order valence-electron chi connectivity index (χ0n) is 16.7. The second kappa shape index (κ2) is 7.19. The first-order valence-electron chi connectivity index (χ1n) is 9.28. The number of anilines is 1. The number of halogens is 1. The lowest BCUT2D eigenvalue weighted by Crippen LogP contribution is -2.24. The van der Waals surface area contributed by atoms with Crippen molar-refractivity contribution in [1.82, 2.24) is 9.78 Å². The summed E-state index contributed by atoms with van der Waals surface area (Å²) < 4.78 is 27.5. The minimum absolute atomic E-state index is 0.0689. The maximum absolute atomic E-state index is 14.0. The van der Waals surface area contributed by atoms with Crippen molar-refractivity contribution >= 4 is 11.7 Å². The van der Waals surface area contributed by atoms with Gasteiger partial charge in [-0.05, 0) is 38.1 Å². The Morgan fingerprint density at radius 1 is 1.33 bits per heavy atom. The first kappa shape index (κ1) is 19.5. The maximum Gasteiger partial charge on any atom is 0.257 e. The van der Waals surface area contributed by atoms with Gasteiger partial charge in [-0.25, -0.2) is 4.39 Å². The van der Waals surface area contributed by atoms with Gasteiger partial charge >= 0.3 is 0 Å². The van der Waals surface area contributed by atoms with Crippen LogP contribution >= 0.6 is 0 Å². The maximum atomic E-state index is 14.0. The van der Waals surface area contributed by atoms with Gasteiger partial charge in [0.1, 0.15) is 34.7 Å². The molecule has 0 spiro atoms. The van der Waals surface area contributed by atoms with E-state index in [9.17, 15) is 9.18 Å². The SMILES string of the molecule is Cn1ccc(NC(=O)c2cc(Oc3ccc(C#N)c(F)c3)c3c(c2)OC(C)(C)C3)n1. The van der Waals surface area contributed by atoms with Gasteiger partial charge in [-0.3, -0.25) is 9.48 Å². The Bertz CT molecular complexity index is 1190. The number of hydrogen-bond acceptors (Lipinski definition) is 5. The van der Waals surface area contributed by atoms with Gasteiger partial charge in [0.25, 0.3) is 5.91 Å². The quantitative estimate of drug-likeness (QED) is 0.702. The molecule has 0 radical (unpaired) electrons. The van der Waals surface area contributed by atoms with E-state index in [0.29, 0.717) is 29.3 Å². The number of carbonyl (C=O) groups is 1. The number of nitrogens with zero attached hydrogens (tertiary/aromatic N) is 3. The van der Waals surface area contributed by atoms with Crippen molar-refractivity contribution in [2.24, 2.45) is 7.05 Å². The number of fused-ring (bicyclic) bond motifs is 1. The molecular formula is C22H19FN4O3. The van der Waals surface area contributed by atoms with Gasteiger partial charge in [-0.2, -0.15) is 10.4 Å². The number of nitrogens with one attached hydrogen (secondary N) is 1. The van der Waals surface area contributed by atoms with Crippen molar-refractivity contribution in [3.63, 3.8) is 0 Å². The summed E-state index contributed by atoms with van der Waals surface area (Å²) in [7, 11) is 1.75. The Labute approximate surface area is 172 Å². The zero-order chi connectivity index (χ0) is 21.5. The average molecular weight is 406 g/mol. The highest BCUT2D eigenvalue weighted by molar-refractivity contribution is 6.04. The summed E-state index contributed by atoms with van der Waals surface area (Å²) in [5, 5.41) is 15.8. The number of benzene rings is 2. The summed E-state index contributed by atoms with van der Waals surface area (Å²) in [4.78, 5) is 12.8. The van der Waals surface area contributed by atoms with Gasteiger partial charge in [-0.1, -0.05) is 0 Å². The molecule has 0 unspecified atom stereocenters. The van der Waals surface area contributed by atoms with Crippen molar-refractivity contribution in [3.8, 4) is 23.3 Å². The summed E-state index contributed by atoms with van der Waals surface area (Å²) >= 11 is 0. The molecule has 0 saturated carbocycles. The summed E-state index contributed by atoms with van der Waals surface area (Å²) in [5.74, 6) is 0.528. The molecule has 152 valence electrons. The van der Waals surface area contributed by atoms with E-state index in [2.05, 4.69) is 10.4 Å². The monoisotopic (exact) mass is 406 g/mol. The first-order chi connectivity index (χ1) is 14.2. The fourth-order valence-corrected chi connectivity index (χ4v) is 3.31. The number of amides is 1. The molecule has 30 heavy (non-hydrogen) atoms. The van der Waals surface area contributed by atoms with Crippen LogP contribution in [-0.2, 0) is 13.5 Å². The van der Waals surface area contributed by atoms with E-state index in [-0.39, 0.29) is 17.2 Å². The smallest absolute Gasteiger partial charge is 0.257 e. The third-order valence-electron chi connectivity index (χ3n) is 4.66. The third-order valence-corrected chi connectivity index (χ3v) is 4.66. The highest BCUT2D eigenvalue weighted by atomic mass is 19.1. The highest BCUT2D eigenvalue weighted by Gasteiger charge is 2.34. The van der Waals surface area contributed by atoms with E-state index in [4.69, 9.17) is 14.7 Å². The van der Waals surface area contributed by atoms with E-state index >= 15 is 0 Å². The lowest BCUT2D eigenvalue weighted by molar-refractivity contribution is 0.102. The van der Waals surface area contributed by atoms with Gasteiger partial charge in [-0.15, -0.1) is 0 Å². The van der Waals surface area contributed by atoms with Crippen LogP contribution in [0.15, 0.2) is 42.6 Å². The van der Waals surface area contributed by atoms with Crippen molar-refractivity contribution in [2.45, 2.75) is 25.9 Å². The molecule has 0 fully saturated rings. The van der Waals surface area contributed by atoms with Gasteiger partial charge in [0.05, 0.1) is 5.56 Å². The predicted molar refractivity (Wildman–Crippen MR) is 107 cm³/mol. The topological polar surface area (TPSA) is 89.2 Å². The number of aromatic nitrogens is 2. The number of hydrogen-bond donors (Lipinski definition) is 1. The fourth-order valence-electron chi connectivity index (χ4n) is 3.31. The molecule has 8 heteroatoms. The van der Waals surface area contributed by atoms with Crippen LogP contribution in [0.2, 0.25) is 0 Å². The van der Waals surface area contributed by atoms with Gasteiger partial charge in [0.2, 0.25) is 0 Å². The van der Waals surface area contributed by atoms with E-state index < -0.39 is 11.4 Å². The lowest BCUT2D eigenvalue weighted by Gasteiger charge is -2.16. The third kappa shape index (κ3) is 3.82. The van der Waals surface area contributed by atoms with Crippen LogP contribution in [0, 0.1) is 17.1 Å². The second-order valence-electron chi connectivity index (χ2n) is 7.67. The molecule has 0 atom stereocenters. The summed E-state index contributed by atoms with van der Waals surface area (Å²) in [6.07, 6.45) is 2.29. The van der Waals surface area contributed by atoms with Gasteiger partial charge in [0.15, 0.2) is 5.82 Å².